The average Bonchev–Trinajstić information content (AvgIpc) is 3.56. The van der Waals surface area contributed by atoms with Crippen LogP contribution < -0.4 is 0 Å². The lowest BCUT2D eigenvalue weighted by molar-refractivity contribution is -0.181. The fourth-order valence-corrected chi connectivity index (χ4v) is 5.61. The monoisotopic (exact) mass is 452 g/mol. The summed E-state index contributed by atoms with van der Waals surface area (Å²) in [5.41, 5.74) is 0.743. The quantitative estimate of drug-likeness (QED) is 0.556. The summed E-state index contributed by atoms with van der Waals surface area (Å²) >= 11 is 0. The predicted molar refractivity (Wildman–Crippen MR) is 111 cm³/mol. The maximum Gasteiger partial charge on any atom is 0.333 e. The van der Waals surface area contributed by atoms with Gasteiger partial charge in [0, 0.05) is 50.5 Å². The first-order valence-electron chi connectivity index (χ1n) is 11.3. The number of piperidine rings is 1. The Morgan fingerprint density at radius 2 is 1.97 bits per heavy atom. The van der Waals surface area contributed by atoms with Gasteiger partial charge in [0.2, 0.25) is 0 Å². The fraction of sp³-hybridized carbons (Fsp3) is 0.571. The highest BCUT2D eigenvalue weighted by atomic mass is 16.5. The van der Waals surface area contributed by atoms with Crippen LogP contribution in [0.4, 0.5) is 0 Å². The van der Waals surface area contributed by atoms with E-state index in [1.165, 1.54) is 17.1 Å². The molecule has 3 saturated heterocycles. The lowest BCUT2D eigenvalue weighted by Crippen LogP contribution is -2.63. The van der Waals surface area contributed by atoms with E-state index < -0.39 is 5.60 Å². The van der Waals surface area contributed by atoms with Crippen molar-refractivity contribution >= 4 is 11.9 Å². The van der Waals surface area contributed by atoms with Crippen molar-refractivity contribution in [2.24, 2.45) is 0 Å². The van der Waals surface area contributed by atoms with Crippen LogP contribution in [-0.2, 0) is 25.5 Å². The van der Waals surface area contributed by atoms with Crippen LogP contribution in [-0.4, -0.2) is 96.1 Å². The molecule has 0 saturated carbocycles. The summed E-state index contributed by atoms with van der Waals surface area (Å²) in [6, 6.07) is 4.38. The Kier molecular flexibility index (Phi) is 4.91. The highest BCUT2D eigenvalue weighted by Crippen LogP contribution is 2.45. The molecule has 4 aliphatic heterocycles. The zero-order valence-electron chi connectivity index (χ0n) is 18.0. The minimum absolute atomic E-state index is 0.0288. The number of nitrogens with zero attached hydrogens (tertiary/aromatic N) is 8. The van der Waals surface area contributed by atoms with E-state index in [1.54, 1.807) is 4.90 Å². The Labute approximate surface area is 189 Å². The first-order chi connectivity index (χ1) is 16.1. The molecule has 0 aliphatic carbocycles. The van der Waals surface area contributed by atoms with Crippen molar-refractivity contribution in [3.8, 4) is 5.82 Å². The van der Waals surface area contributed by atoms with Gasteiger partial charge in [-0.2, -0.15) is 9.78 Å². The fourth-order valence-electron chi connectivity index (χ4n) is 5.61. The number of fused-ring (bicyclic) bond motifs is 2. The molecular formula is C21H24N8O4. The number of carbonyl (C=O) groups excluding carboxylic acids is 2. The van der Waals surface area contributed by atoms with Gasteiger partial charge < -0.3 is 14.4 Å². The van der Waals surface area contributed by atoms with E-state index in [4.69, 9.17) is 9.47 Å². The third-order valence-electron chi connectivity index (χ3n) is 7.14. The molecule has 33 heavy (non-hydrogen) atoms. The van der Waals surface area contributed by atoms with Gasteiger partial charge >= 0.3 is 5.97 Å². The standard InChI is InChI=1S/C21H24N8O4/c30-19-9-17(12-32-19)28-7-8-33-21(20(28)31)10-15-2-3-16(11-21)27(15)6-5-14-1-4-18(24-23-14)29-13-22-25-26-29/h1,4,9,13,15-16H,2-3,5-8,10-12H2/t15-,16+,21-. The molecule has 0 aromatic carbocycles. The van der Waals surface area contributed by atoms with Crippen molar-refractivity contribution in [3.05, 3.63) is 35.9 Å². The van der Waals surface area contributed by atoms with Crippen LogP contribution in [0.15, 0.2) is 30.2 Å². The minimum atomic E-state index is -0.805. The molecule has 12 heteroatoms. The topological polar surface area (TPSA) is 128 Å². The molecule has 0 N–H and O–H groups in total. The van der Waals surface area contributed by atoms with Crippen LogP contribution in [0.1, 0.15) is 31.4 Å². The third-order valence-corrected chi connectivity index (χ3v) is 7.14. The maximum absolute atomic E-state index is 13.5. The number of aromatic nitrogens is 6. The van der Waals surface area contributed by atoms with Crippen molar-refractivity contribution in [3.63, 3.8) is 0 Å². The predicted octanol–water partition coefficient (Wildman–Crippen LogP) is -0.340. The number of ether oxygens (including phenoxy) is 2. The van der Waals surface area contributed by atoms with Crippen LogP contribution in [0.5, 0.6) is 0 Å². The van der Waals surface area contributed by atoms with Crippen LogP contribution in [0, 0.1) is 0 Å². The number of hydrogen-bond donors (Lipinski definition) is 0. The molecule has 2 aromatic heterocycles. The van der Waals surface area contributed by atoms with E-state index in [9.17, 15) is 9.59 Å². The summed E-state index contributed by atoms with van der Waals surface area (Å²) in [4.78, 5) is 29.2. The molecule has 0 unspecified atom stereocenters. The molecule has 1 spiro atoms. The zero-order valence-corrected chi connectivity index (χ0v) is 18.0. The molecule has 3 atom stereocenters. The second-order valence-electron chi connectivity index (χ2n) is 8.96. The Morgan fingerprint density at radius 3 is 2.64 bits per heavy atom. The van der Waals surface area contributed by atoms with Crippen molar-refractivity contribution in [1.29, 1.82) is 0 Å². The van der Waals surface area contributed by atoms with Gasteiger partial charge in [0.05, 0.1) is 18.0 Å². The van der Waals surface area contributed by atoms with Crippen molar-refractivity contribution in [1.82, 2.24) is 40.2 Å². The van der Waals surface area contributed by atoms with Gasteiger partial charge in [0.25, 0.3) is 5.91 Å². The van der Waals surface area contributed by atoms with E-state index >= 15 is 0 Å². The molecule has 0 radical (unpaired) electrons. The van der Waals surface area contributed by atoms with E-state index in [0.29, 0.717) is 37.5 Å². The number of hydrogen-bond acceptors (Lipinski definition) is 10. The summed E-state index contributed by atoms with van der Waals surface area (Å²) in [7, 11) is 0. The zero-order chi connectivity index (χ0) is 22.4. The summed E-state index contributed by atoms with van der Waals surface area (Å²) in [5.74, 6) is 0.159. The molecule has 1 amide bonds. The lowest BCUT2D eigenvalue weighted by atomic mass is 9.83. The molecule has 4 aliphatic rings. The Balaban J connectivity index is 1.12. The minimum Gasteiger partial charge on any atom is -0.456 e. The Hall–Kier alpha value is -3.25. The first-order valence-corrected chi connectivity index (χ1v) is 11.3. The van der Waals surface area contributed by atoms with Crippen LogP contribution >= 0.6 is 0 Å². The number of rotatable bonds is 5. The van der Waals surface area contributed by atoms with E-state index in [1.807, 2.05) is 12.1 Å². The number of cyclic esters (lactones) is 1. The highest BCUT2D eigenvalue weighted by Gasteiger charge is 2.56. The summed E-state index contributed by atoms with van der Waals surface area (Å²) < 4.78 is 12.7. The molecule has 12 nitrogen and oxygen atoms in total. The van der Waals surface area contributed by atoms with Crippen LogP contribution in [0.2, 0.25) is 0 Å². The molecule has 6 rings (SSSR count). The number of morpholine rings is 1. The van der Waals surface area contributed by atoms with Gasteiger partial charge in [-0.1, -0.05) is 0 Å². The van der Waals surface area contributed by atoms with Gasteiger partial charge in [0.1, 0.15) is 18.5 Å². The van der Waals surface area contributed by atoms with Crippen molar-refractivity contribution in [2.45, 2.75) is 49.8 Å². The van der Waals surface area contributed by atoms with E-state index in [2.05, 4.69) is 30.6 Å². The van der Waals surface area contributed by atoms with Gasteiger partial charge in [-0.25, -0.2) is 4.79 Å². The van der Waals surface area contributed by atoms with Crippen molar-refractivity contribution in [2.75, 3.05) is 26.3 Å². The summed E-state index contributed by atoms with van der Waals surface area (Å²) in [6.07, 6.45) is 7.13. The van der Waals surface area contributed by atoms with E-state index in [-0.39, 0.29) is 30.6 Å². The molecule has 6 heterocycles. The molecule has 3 fully saturated rings. The number of esters is 1. The molecule has 2 aromatic rings. The van der Waals surface area contributed by atoms with Crippen LogP contribution in [0.25, 0.3) is 5.82 Å². The smallest absolute Gasteiger partial charge is 0.333 e. The number of amides is 1. The Bertz CT molecular complexity index is 1070. The largest absolute Gasteiger partial charge is 0.456 e. The molecular weight excluding hydrogens is 428 g/mol. The van der Waals surface area contributed by atoms with Gasteiger partial charge in [-0.05, 0) is 35.4 Å². The summed E-state index contributed by atoms with van der Waals surface area (Å²) in [5, 5.41) is 19.6. The van der Waals surface area contributed by atoms with Crippen molar-refractivity contribution < 1.29 is 19.1 Å². The summed E-state index contributed by atoms with van der Waals surface area (Å²) in [6.45, 7) is 1.95. The third kappa shape index (κ3) is 3.59. The Morgan fingerprint density at radius 1 is 1.12 bits per heavy atom. The second-order valence-corrected chi connectivity index (χ2v) is 8.96. The molecule has 172 valence electrons. The highest BCUT2D eigenvalue weighted by molar-refractivity contribution is 5.91. The van der Waals surface area contributed by atoms with Gasteiger partial charge in [-0.3, -0.25) is 9.69 Å². The van der Waals surface area contributed by atoms with E-state index in [0.717, 1.165) is 31.5 Å². The SMILES string of the molecule is O=C1C=C(N2CCO[C@@]3(C[C@H]4CC[C@@H](C3)N4CCc3ccc(-n4cnnn4)nn3)C2=O)CO1. The van der Waals surface area contributed by atoms with Crippen LogP contribution in [0.3, 0.4) is 0 Å². The normalized spacial score (nSPS) is 29.6. The number of carbonyl (C=O) groups is 2. The number of tetrazole rings is 1. The second kappa shape index (κ2) is 7.96. The average molecular weight is 452 g/mol. The van der Waals surface area contributed by atoms with Gasteiger partial charge in [0.15, 0.2) is 5.82 Å². The molecule has 2 bridgehead atoms. The first kappa shape index (κ1) is 20.4. The lowest BCUT2D eigenvalue weighted by Gasteiger charge is -2.49. The van der Waals surface area contributed by atoms with Gasteiger partial charge in [-0.15, -0.1) is 10.2 Å². The maximum atomic E-state index is 13.5.